The molecule has 2 aromatic rings. The molecule has 1 aliphatic rings. The quantitative estimate of drug-likeness (QED) is 0.909. The predicted molar refractivity (Wildman–Crippen MR) is 85.5 cm³/mol. The molecule has 0 saturated heterocycles. The number of aryl methyl sites for hydroxylation is 1. The second-order valence-corrected chi connectivity index (χ2v) is 7.08. The summed E-state index contributed by atoms with van der Waals surface area (Å²) in [4.78, 5) is 0.197. The Morgan fingerprint density at radius 1 is 1.10 bits per heavy atom. The zero-order valence-corrected chi connectivity index (χ0v) is 12.8. The van der Waals surface area contributed by atoms with Gasteiger partial charge in [0.2, 0.25) is 0 Å². The molecule has 0 spiro atoms. The first-order valence-corrected chi connectivity index (χ1v) is 8.56. The highest BCUT2D eigenvalue weighted by molar-refractivity contribution is 7.92. The van der Waals surface area contributed by atoms with Gasteiger partial charge in [0.25, 0.3) is 10.0 Å². The monoisotopic (exact) mass is 322 g/mol. The largest absolute Gasteiger partial charge is 0.385 e. The number of anilines is 2. The lowest BCUT2D eigenvalue weighted by Gasteiger charge is -2.19. The predicted octanol–water partition coefficient (Wildman–Crippen LogP) is 3.50. The van der Waals surface area contributed by atoms with Gasteiger partial charge in [0.15, 0.2) is 0 Å². The van der Waals surface area contributed by atoms with Crippen molar-refractivity contribution in [3.05, 3.63) is 53.1 Å². The van der Waals surface area contributed by atoms with Crippen LogP contribution < -0.4 is 10.0 Å². The fourth-order valence-corrected chi connectivity index (χ4v) is 3.54. The van der Waals surface area contributed by atoms with Crippen molar-refractivity contribution in [2.24, 2.45) is 0 Å². The molecular weight excluding hydrogens is 308 g/mol. The highest BCUT2D eigenvalue weighted by atomic mass is 35.5. The normalized spacial score (nSPS) is 14.1. The van der Waals surface area contributed by atoms with Crippen LogP contribution in [0.4, 0.5) is 11.4 Å². The van der Waals surface area contributed by atoms with Crippen LogP contribution in [0.1, 0.15) is 12.0 Å². The summed E-state index contributed by atoms with van der Waals surface area (Å²) >= 11 is 5.78. The minimum absolute atomic E-state index is 0.197. The van der Waals surface area contributed by atoms with E-state index in [0.717, 1.165) is 30.6 Å². The van der Waals surface area contributed by atoms with E-state index in [9.17, 15) is 8.42 Å². The van der Waals surface area contributed by atoms with Gasteiger partial charge in [0.05, 0.1) is 4.90 Å². The third-order valence-electron chi connectivity index (χ3n) is 3.42. The van der Waals surface area contributed by atoms with Crippen molar-refractivity contribution in [1.29, 1.82) is 0 Å². The van der Waals surface area contributed by atoms with Crippen LogP contribution in [0.3, 0.4) is 0 Å². The average molecular weight is 323 g/mol. The number of rotatable bonds is 3. The van der Waals surface area contributed by atoms with Crippen molar-refractivity contribution in [3.8, 4) is 0 Å². The molecule has 2 N–H and O–H groups in total. The van der Waals surface area contributed by atoms with Crippen LogP contribution in [0, 0.1) is 0 Å². The molecule has 0 amide bonds. The minimum Gasteiger partial charge on any atom is -0.385 e. The van der Waals surface area contributed by atoms with Crippen molar-refractivity contribution >= 4 is 33.0 Å². The van der Waals surface area contributed by atoms with Gasteiger partial charge in [-0.25, -0.2) is 8.42 Å². The molecule has 0 saturated carbocycles. The molecule has 0 bridgehead atoms. The van der Waals surface area contributed by atoms with E-state index in [-0.39, 0.29) is 4.90 Å². The van der Waals surface area contributed by atoms with E-state index >= 15 is 0 Å². The van der Waals surface area contributed by atoms with E-state index in [0.29, 0.717) is 10.7 Å². The zero-order chi connectivity index (χ0) is 14.9. The van der Waals surface area contributed by atoms with Gasteiger partial charge in [0, 0.05) is 22.9 Å². The van der Waals surface area contributed by atoms with Crippen molar-refractivity contribution in [2.45, 2.75) is 17.7 Å². The maximum atomic E-state index is 12.3. The molecule has 2 aromatic carbocycles. The molecular formula is C15H15ClN2O2S. The van der Waals surface area contributed by atoms with Crippen LogP contribution >= 0.6 is 11.6 Å². The highest BCUT2D eigenvalue weighted by Gasteiger charge is 2.15. The standard InChI is InChI=1S/C15H15ClN2O2S/c16-12-3-6-14(7-4-12)21(19,20)18-13-5-8-15-11(10-13)2-1-9-17-15/h3-8,10,17-18H,1-2,9H2. The third-order valence-corrected chi connectivity index (χ3v) is 5.07. The Bertz CT molecular complexity index is 758. The maximum Gasteiger partial charge on any atom is 0.261 e. The van der Waals surface area contributed by atoms with E-state index in [1.165, 1.54) is 12.1 Å². The molecule has 0 unspecified atom stereocenters. The van der Waals surface area contributed by atoms with Gasteiger partial charge in [-0.15, -0.1) is 0 Å². The zero-order valence-electron chi connectivity index (χ0n) is 11.3. The number of halogens is 1. The average Bonchev–Trinajstić information content (AvgIpc) is 2.47. The second kappa shape index (κ2) is 5.58. The van der Waals surface area contributed by atoms with Crippen LogP contribution in [0.5, 0.6) is 0 Å². The summed E-state index contributed by atoms with van der Waals surface area (Å²) in [5.41, 5.74) is 2.79. The first-order chi connectivity index (χ1) is 10.0. The van der Waals surface area contributed by atoms with Crippen LogP contribution in [-0.2, 0) is 16.4 Å². The first-order valence-electron chi connectivity index (χ1n) is 6.70. The van der Waals surface area contributed by atoms with Gasteiger partial charge in [0.1, 0.15) is 0 Å². The number of nitrogens with one attached hydrogen (secondary N) is 2. The number of sulfonamides is 1. The summed E-state index contributed by atoms with van der Waals surface area (Å²) in [6.45, 7) is 0.961. The number of fused-ring (bicyclic) bond motifs is 1. The summed E-state index contributed by atoms with van der Waals surface area (Å²) in [5, 5.41) is 3.81. The Kier molecular flexibility index (Phi) is 3.78. The van der Waals surface area contributed by atoms with Gasteiger partial charge in [-0.2, -0.15) is 0 Å². The lowest BCUT2D eigenvalue weighted by atomic mass is 10.0. The molecule has 0 aliphatic carbocycles. The summed E-state index contributed by atoms with van der Waals surface area (Å²) in [5.74, 6) is 0. The summed E-state index contributed by atoms with van der Waals surface area (Å²) in [6, 6.07) is 11.7. The van der Waals surface area contributed by atoms with Crippen molar-refractivity contribution in [3.63, 3.8) is 0 Å². The fraction of sp³-hybridized carbons (Fsp3) is 0.200. The van der Waals surface area contributed by atoms with Crippen LogP contribution in [0.2, 0.25) is 5.02 Å². The Labute approximate surface area is 129 Å². The van der Waals surface area contributed by atoms with E-state index in [1.54, 1.807) is 18.2 Å². The number of hydrogen-bond acceptors (Lipinski definition) is 3. The van der Waals surface area contributed by atoms with E-state index in [2.05, 4.69) is 10.0 Å². The lowest BCUT2D eigenvalue weighted by molar-refractivity contribution is 0.601. The topological polar surface area (TPSA) is 58.2 Å². The Morgan fingerprint density at radius 2 is 1.86 bits per heavy atom. The molecule has 1 aliphatic heterocycles. The van der Waals surface area contributed by atoms with Crippen LogP contribution in [0.25, 0.3) is 0 Å². The summed E-state index contributed by atoms with van der Waals surface area (Å²) in [7, 11) is -3.59. The van der Waals surface area contributed by atoms with Gasteiger partial charge in [-0.05, 0) is 60.9 Å². The molecule has 0 radical (unpaired) electrons. The molecule has 6 heteroatoms. The number of benzene rings is 2. The first kappa shape index (κ1) is 14.2. The molecule has 110 valence electrons. The molecule has 4 nitrogen and oxygen atoms in total. The Balaban J connectivity index is 1.87. The van der Waals surface area contributed by atoms with Gasteiger partial charge < -0.3 is 5.32 Å². The fourth-order valence-electron chi connectivity index (χ4n) is 2.37. The minimum atomic E-state index is -3.59. The smallest absolute Gasteiger partial charge is 0.261 e. The van der Waals surface area contributed by atoms with Crippen molar-refractivity contribution < 1.29 is 8.42 Å². The second-order valence-electron chi connectivity index (χ2n) is 4.96. The van der Waals surface area contributed by atoms with E-state index < -0.39 is 10.0 Å². The Hall–Kier alpha value is -1.72. The van der Waals surface area contributed by atoms with Gasteiger partial charge >= 0.3 is 0 Å². The van der Waals surface area contributed by atoms with E-state index in [4.69, 9.17) is 11.6 Å². The molecule has 0 aromatic heterocycles. The van der Waals surface area contributed by atoms with Crippen LogP contribution in [-0.4, -0.2) is 15.0 Å². The van der Waals surface area contributed by atoms with E-state index in [1.807, 2.05) is 12.1 Å². The molecule has 0 fully saturated rings. The number of hydrogen-bond donors (Lipinski definition) is 2. The Morgan fingerprint density at radius 3 is 2.62 bits per heavy atom. The van der Waals surface area contributed by atoms with Crippen molar-refractivity contribution in [1.82, 2.24) is 0 Å². The maximum absolute atomic E-state index is 12.3. The molecule has 21 heavy (non-hydrogen) atoms. The van der Waals surface area contributed by atoms with Crippen molar-refractivity contribution in [2.75, 3.05) is 16.6 Å². The lowest BCUT2D eigenvalue weighted by Crippen LogP contribution is -2.15. The van der Waals surface area contributed by atoms with Gasteiger partial charge in [-0.3, -0.25) is 4.72 Å². The summed E-state index contributed by atoms with van der Waals surface area (Å²) < 4.78 is 27.2. The molecule has 1 heterocycles. The molecule has 3 rings (SSSR count). The highest BCUT2D eigenvalue weighted by Crippen LogP contribution is 2.26. The SMILES string of the molecule is O=S(=O)(Nc1ccc2c(c1)CCCN2)c1ccc(Cl)cc1. The summed E-state index contributed by atoms with van der Waals surface area (Å²) in [6.07, 6.45) is 2.01. The molecule has 0 atom stereocenters. The third kappa shape index (κ3) is 3.14. The van der Waals surface area contributed by atoms with Gasteiger partial charge in [-0.1, -0.05) is 11.6 Å². The van der Waals surface area contributed by atoms with Crippen LogP contribution in [0.15, 0.2) is 47.4 Å².